The molecule has 3 saturated heterocycles. The minimum Gasteiger partial charge on any atom is -0.388 e. The highest BCUT2D eigenvalue weighted by molar-refractivity contribution is 5.96. The van der Waals surface area contributed by atoms with Crippen LogP contribution >= 0.6 is 0 Å². The molecule has 22 atom stereocenters. The van der Waals surface area contributed by atoms with E-state index in [1.807, 2.05) is 51.1 Å². The van der Waals surface area contributed by atoms with Gasteiger partial charge in [0.05, 0.1) is 47.8 Å². The van der Waals surface area contributed by atoms with E-state index >= 15 is 0 Å². The molecule has 15 heteroatoms. The van der Waals surface area contributed by atoms with Crippen LogP contribution in [-0.2, 0) is 47.4 Å². The van der Waals surface area contributed by atoms with Crippen LogP contribution in [0.25, 0.3) is 0 Å². The van der Waals surface area contributed by atoms with Crippen molar-refractivity contribution >= 4 is 11.6 Å². The first-order valence-electron chi connectivity index (χ1n) is 24.2. The van der Waals surface area contributed by atoms with Gasteiger partial charge in [0.1, 0.15) is 36.3 Å². The van der Waals surface area contributed by atoms with Crippen LogP contribution in [0.5, 0.6) is 0 Å². The summed E-state index contributed by atoms with van der Waals surface area (Å²) in [6.07, 6.45) is -3.12. The second-order valence-electron chi connectivity index (χ2n) is 21.2. The van der Waals surface area contributed by atoms with E-state index in [4.69, 9.17) is 42.6 Å². The number of fused-ring (bicyclic) bond motifs is 5. The van der Waals surface area contributed by atoms with Crippen molar-refractivity contribution in [2.24, 2.45) is 34.5 Å². The van der Waals surface area contributed by atoms with Crippen LogP contribution in [0, 0.1) is 34.5 Å². The Morgan fingerprint density at radius 3 is 1.95 bits per heavy atom. The van der Waals surface area contributed by atoms with E-state index in [0.717, 1.165) is 25.7 Å². The number of Topliss-reactive ketones (excluding diaryl/α,β-unsaturated/α-hetero) is 2. The average molecular weight is 917 g/mol. The zero-order valence-corrected chi connectivity index (χ0v) is 39.8. The Bertz CT molecular complexity index is 1820. The van der Waals surface area contributed by atoms with Gasteiger partial charge in [0, 0.05) is 57.5 Å². The van der Waals surface area contributed by atoms with Gasteiger partial charge in [-0.05, 0) is 102 Å². The zero-order chi connectivity index (χ0) is 46.8. The van der Waals surface area contributed by atoms with E-state index < -0.39 is 96.3 Å². The van der Waals surface area contributed by atoms with Gasteiger partial charge in [-0.15, -0.1) is 0 Å². The van der Waals surface area contributed by atoms with Gasteiger partial charge in [-0.2, -0.15) is 0 Å². The van der Waals surface area contributed by atoms with Gasteiger partial charge in [0.15, 0.2) is 24.7 Å². The fourth-order valence-corrected chi connectivity index (χ4v) is 14.4. The normalized spacial score (nSPS) is 49.9. The minimum absolute atomic E-state index is 0.00109. The highest BCUT2D eigenvalue weighted by Gasteiger charge is 2.77. The summed E-state index contributed by atoms with van der Waals surface area (Å²) in [5, 5.41) is 47.4. The lowest BCUT2D eigenvalue weighted by Gasteiger charge is -2.69. The number of methoxy groups -OCH3 is 3. The summed E-state index contributed by atoms with van der Waals surface area (Å²) in [6.45, 7) is 11.3. The first-order valence-corrected chi connectivity index (χ1v) is 24.2. The molecule has 4 aliphatic carbocycles. The maximum atomic E-state index is 13.9. The molecule has 15 nitrogen and oxygen atoms in total. The molecule has 3 aliphatic heterocycles. The van der Waals surface area contributed by atoms with E-state index in [0.29, 0.717) is 44.1 Å². The smallest absolute Gasteiger partial charge is 0.187 e. The number of hydrogen-bond donors (Lipinski definition) is 4. The molecule has 65 heavy (non-hydrogen) atoms. The molecule has 0 spiro atoms. The third-order valence-electron chi connectivity index (χ3n) is 18.1. The average Bonchev–Trinajstić information content (AvgIpc) is 3.58. The summed E-state index contributed by atoms with van der Waals surface area (Å²) in [5.41, 5.74) is -3.53. The largest absolute Gasteiger partial charge is 0.388 e. The van der Waals surface area contributed by atoms with Crippen LogP contribution < -0.4 is 0 Å². The number of aliphatic hydroxyl groups excluding tert-OH is 2. The highest BCUT2D eigenvalue weighted by atomic mass is 16.8. The molecule has 0 radical (unpaired) electrons. The molecule has 3 heterocycles. The second-order valence-corrected chi connectivity index (χ2v) is 21.2. The van der Waals surface area contributed by atoms with Gasteiger partial charge in [-0.25, -0.2) is 0 Å². The van der Waals surface area contributed by atoms with Crippen LogP contribution in [0.1, 0.15) is 123 Å². The van der Waals surface area contributed by atoms with Crippen molar-refractivity contribution in [3.05, 3.63) is 35.9 Å². The van der Waals surface area contributed by atoms with Crippen molar-refractivity contribution in [1.29, 1.82) is 0 Å². The maximum absolute atomic E-state index is 13.9. The first-order chi connectivity index (χ1) is 30.8. The van der Waals surface area contributed by atoms with Crippen LogP contribution in [0.4, 0.5) is 0 Å². The van der Waals surface area contributed by atoms with Crippen LogP contribution in [-0.4, -0.2) is 151 Å². The zero-order valence-electron chi connectivity index (χ0n) is 39.8. The number of rotatable bonds is 13. The van der Waals surface area contributed by atoms with Crippen molar-refractivity contribution in [1.82, 2.24) is 0 Å². The van der Waals surface area contributed by atoms with Crippen LogP contribution in [0.2, 0.25) is 0 Å². The Hall–Kier alpha value is -1.96. The fraction of sp³-hybridized carbons (Fsp3) is 0.840. The molecule has 7 aliphatic rings. The van der Waals surface area contributed by atoms with Crippen molar-refractivity contribution < 1.29 is 72.6 Å². The summed E-state index contributed by atoms with van der Waals surface area (Å²) in [6, 6.07) is 9.26. The van der Waals surface area contributed by atoms with E-state index in [9.17, 15) is 30.0 Å². The Balaban J connectivity index is 0.904. The summed E-state index contributed by atoms with van der Waals surface area (Å²) in [5.74, 6) is -0.753. The molecule has 4 saturated carbocycles. The number of carbonyl (C=O) groups excluding carboxylic acids is 2. The van der Waals surface area contributed by atoms with Gasteiger partial charge in [-0.3, -0.25) is 9.59 Å². The summed E-state index contributed by atoms with van der Waals surface area (Å²) in [7, 11) is 4.67. The quantitative estimate of drug-likeness (QED) is 0.154. The number of benzene rings is 1. The number of carbonyl (C=O) groups is 2. The third kappa shape index (κ3) is 8.52. The van der Waals surface area contributed by atoms with Gasteiger partial charge in [0.25, 0.3) is 0 Å². The predicted octanol–water partition coefficient (Wildman–Crippen LogP) is 4.90. The van der Waals surface area contributed by atoms with Gasteiger partial charge in [-0.1, -0.05) is 44.2 Å². The van der Waals surface area contributed by atoms with Crippen molar-refractivity contribution in [2.75, 3.05) is 21.3 Å². The topological polar surface area (TPSA) is 198 Å². The maximum Gasteiger partial charge on any atom is 0.187 e. The third-order valence-corrected chi connectivity index (χ3v) is 18.1. The summed E-state index contributed by atoms with van der Waals surface area (Å²) < 4.78 is 55.6. The lowest BCUT2D eigenvalue weighted by molar-refractivity contribution is -0.352. The molecule has 1 aromatic carbocycles. The number of hydrogen-bond acceptors (Lipinski definition) is 15. The SMILES string of the molecule is CO[C@@H]1C(O)[C@H](O[C@@H]2C(C)O[C@@H](O[C@@H]3C(C)O[C@@H](O[C@H]4CC[C@@]5(C)C(CC[C@]6(O)C5C[C@@H](CC(=O)c5ccccc5)[C@]5(C)[C@@H](C(C)=O)CC[C@@]56O)C4)C[C@H]3OC)C[C@H]2OC)OC(C)[C@H]1O. The molecular formula is C50H76O15. The Morgan fingerprint density at radius 2 is 1.34 bits per heavy atom. The Labute approximate surface area is 384 Å². The van der Waals surface area contributed by atoms with Gasteiger partial charge >= 0.3 is 0 Å². The molecule has 0 bridgehead atoms. The van der Waals surface area contributed by atoms with Gasteiger partial charge in [0.2, 0.25) is 0 Å². The second kappa shape index (κ2) is 19.1. The molecule has 0 aromatic heterocycles. The molecule has 8 rings (SSSR count). The van der Waals surface area contributed by atoms with Crippen molar-refractivity contribution in [3.63, 3.8) is 0 Å². The summed E-state index contributed by atoms with van der Waals surface area (Å²) >= 11 is 0. The van der Waals surface area contributed by atoms with E-state index in [1.165, 1.54) is 7.11 Å². The predicted molar refractivity (Wildman–Crippen MR) is 234 cm³/mol. The number of ketones is 2. The van der Waals surface area contributed by atoms with E-state index in [-0.39, 0.29) is 53.4 Å². The van der Waals surface area contributed by atoms with Gasteiger partial charge < -0.3 is 63.1 Å². The number of aliphatic hydroxyl groups is 4. The fourth-order valence-electron chi connectivity index (χ4n) is 14.4. The molecule has 7 fully saturated rings. The Morgan fingerprint density at radius 1 is 0.708 bits per heavy atom. The van der Waals surface area contributed by atoms with Crippen molar-refractivity contribution in [2.45, 2.75) is 209 Å². The summed E-state index contributed by atoms with van der Waals surface area (Å²) in [4.78, 5) is 27.2. The van der Waals surface area contributed by atoms with Crippen molar-refractivity contribution in [3.8, 4) is 0 Å². The lowest BCUT2D eigenvalue weighted by Crippen LogP contribution is -2.75. The lowest BCUT2D eigenvalue weighted by atomic mass is 9.39. The highest BCUT2D eigenvalue weighted by Crippen LogP contribution is 2.72. The molecule has 366 valence electrons. The monoisotopic (exact) mass is 917 g/mol. The minimum atomic E-state index is -1.51. The molecule has 0 amide bonds. The number of ether oxygens (including phenoxy) is 9. The molecule has 1 aromatic rings. The van der Waals surface area contributed by atoms with Crippen LogP contribution in [0.3, 0.4) is 0 Å². The first kappa shape index (κ1) is 49.5. The molecule has 4 N–H and O–H groups in total. The van der Waals surface area contributed by atoms with E-state index in [2.05, 4.69) is 6.92 Å². The molecule has 6 unspecified atom stereocenters. The Kier molecular flexibility index (Phi) is 14.5. The van der Waals surface area contributed by atoms with Crippen LogP contribution in [0.15, 0.2) is 30.3 Å². The standard InChI is InChI=1S/C50H76O15/c1-26(51)34-17-20-50(56)48(34,6)32(22-35(52)30-13-11-10-12-14-30)23-38-47(5)18-16-33(21-31(47)15-19-49(38,50)55)63-39-24-36(57-7)43(28(3)60-39)64-40-25-37(58-8)44(29(4)61-40)65-46-42(54)45(59-9)41(53)27(2)62-46/h10-14,27-29,31-34,36-46,53-56H,15-25H2,1-9H3/t27?,28?,29?,31?,32-,33+,34-,36-,37-,38?,39+,40+,41-,42?,43-,44-,45+,46+,47+,48-,49+,50-/m1/s1. The van der Waals surface area contributed by atoms with E-state index in [1.54, 1.807) is 28.1 Å². The molecular weight excluding hydrogens is 841 g/mol.